The number of rotatable bonds is 3. The van der Waals surface area contributed by atoms with E-state index in [0.29, 0.717) is 11.3 Å². The number of benzene rings is 2. The Morgan fingerprint density at radius 3 is 2.46 bits per heavy atom. The fraction of sp³-hybridized carbons (Fsp3) is 0.167. The SMILES string of the molecule is FC(F)(F)C1(c2cc(Cl)cc(Cl)c2)CC(c2cccc(-n3cncn3)c2)=NO1. The van der Waals surface area contributed by atoms with E-state index in [0.717, 1.165) is 0 Å². The van der Waals surface area contributed by atoms with Gasteiger partial charge in [0, 0.05) is 27.6 Å². The Bertz CT molecular complexity index is 1030. The highest BCUT2D eigenvalue weighted by Gasteiger charge is 2.62. The molecule has 0 saturated carbocycles. The minimum absolute atomic E-state index is 0.0800. The third kappa shape index (κ3) is 3.22. The maximum absolute atomic E-state index is 14.0. The molecule has 0 amide bonds. The van der Waals surface area contributed by atoms with Crippen LogP contribution >= 0.6 is 23.2 Å². The molecule has 3 aromatic rings. The van der Waals surface area contributed by atoms with Gasteiger partial charge in [-0.1, -0.05) is 40.5 Å². The average molecular weight is 427 g/mol. The van der Waals surface area contributed by atoms with E-state index in [1.807, 2.05) is 0 Å². The summed E-state index contributed by atoms with van der Waals surface area (Å²) in [5, 5.41) is 7.92. The Kier molecular flexibility index (Phi) is 4.55. The van der Waals surface area contributed by atoms with Gasteiger partial charge in [-0.2, -0.15) is 18.3 Å². The van der Waals surface area contributed by atoms with Crippen LogP contribution in [0, 0.1) is 0 Å². The Labute approximate surface area is 167 Å². The zero-order chi connectivity index (χ0) is 19.9. The van der Waals surface area contributed by atoms with Crippen LogP contribution in [0.4, 0.5) is 13.2 Å². The minimum Gasteiger partial charge on any atom is -0.374 e. The monoisotopic (exact) mass is 426 g/mol. The molecule has 1 aliphatic rings. The zero-order valence-corrected chi connectivity index (χ0v) is 15.5. The molecule has 0 aliphatic carbocycles. The van der Waals surface area contributed by atoms with Gasteiger partial charge in [0.2, 0.25) is 0 Å². The molecule has 10 heteroatoms. The van der Waals surface area contributed by atoms with Crippen LogP contribution in [0.2, 0.25) is 10.0 Å². The number of hydrogen-bond donors (Lipinski definition) is 0. The van der Waals surface area contributed by atoms with Crippen LogP contribution in [-0.2, 0) is 10.4 Å². The number of halogens is 5. The van der Waals surface area contributed by atoms with Gasteiger partial charge in [-0.25, -0.2) is 9.67 Å². The van der Waals surface area contributed by atoms with Gasteiger partial charge in [-0.3, -0.25) is 0 Å². The lowest BCUT2D eigenvalue weighted by Crippen LogP contribution is -2.42. The van der Waals surface area contributed by atoms with Crippen molar-refractivity contribution in [1.29, 1.82) is 0 Å². The lowest BCUT2D eigenvalue weighted by Gasteiger charge is -2.29. The van der Waals surface area contributed by atoms with Gasteiger partial charge in [0.25, 0.3) is 5.60 Å². The van der Waals surface area contributed by atoms with Crippen molar-refractivity contribution in [2.45, 2.75) is 18.2 Å². The van der Waals surface area contributed by atoms with Crippen LogP contribution in [0.5, 0.6) is 0 Å². The van der Waals surface area contributed by atoms with Crippen molar-refractivity contribution in [3.8, 4) is 5.69 Å². The van der Waals surface area contributed by atoms with E-state index >= 15 is 0 Å². The molecule has 1 unspecified atom stereocenters. The standard InChI is InChI=1S/C18H11Cl2F3N4O/c19-13-5-12(6-14(20)7-13)17(18(21,22)23)8-16(26-28-17)11-2-1-3-15(4-11)27-10-24-9-25-27/h1-7,9-10H,8H2. The molecule has 144 valence electrons. The summed E-state index contributed by atoms with van der Waals surface area (Å²) in [7, 11) is 0. The molecule has 1 aromatic heterocycles. The molecule has 2 heterocycles. The van der Waals surface area contributed by atoms with Crippen LogP contribution in [0.1, 0.15) is 17.5 Å². The molecule has 28 heavy (non-hydrogen) atoms. The molecule has 0 N–H and O–H groups in total. The highest BCUT2D eigenvalue weighted by molar-refractivity contribution is 6.34. The summed E-state index contributed by atoms with van der Waals surface area (Å²) in [6.07, 6.45) is -2.41. The summed E-state index contributed by atoms with van der Waals surface area (Å²) < 4.78 is 43.6. The van der Waals surface area contributed by atoms with Crippen molar-refractivity contribution in [2.75, 3.05) is 0 Å². The third-order valence-corrected chi connectivity index (χ3v) is 4.81. The Morgan fingerprint density at radius 2 is 1.82 bits per heavy atom. The van der Waals surface area contributed by atoms with Gasteiger partial charge in [0.05, 0.1) is 11.4 Å². The first-order chi connectivity index (χ1) is 13.3. The maximum atomic E-state index is 14.0. The minimum atomic E-state index is -4.74. The smallest absolute Gasteiger partial charge is 0.374 e. The summed E-state index contributed by atoms with van der Waals surface area (Å²) >= 11 is 11.8. The fourth-order valence-corrected chi connectivity index (χ4v) is 3.54. The second-order valence-corrected chi connectivity index (χ2v) is 7.05. The van der Waals surface area contributed by atoms with E-state index in [1.54, 1.807) is 24.3 Å². The van der Waals surface area contributed by atoms with Crippen molar-refractivity contribution in [3.05, 3.63) is 76.3 Å². The number of aromatic nitrogens is 3. The van der Waals surface area contributed by atoms with Gasteiger partial charge in [-0.15, -0.1) is 0 Å². The zero-order valence-electron chi connectivity index (χ0n) is 14.0. The number of hydrogen-bond acceptors (Lipinski definition) is 4. The van der Waals surface area contributed by atoms with Gasteiger partial charge in [0.1, 0.15) is 12.7 Å². The predicted molar refractivity (Wildman–Crippen MR) is 97.8 cm³/mol. The van der Waals surface area contributed by atoms with E-state index in [2.05, 4.69) is 15.2 Å². The van der Waals surface area contributed by atoms with Crippen LogP contribution in [0.25, 0.3) is 5.69 Å². The largest absolute Gasteiger partial charge is 0.435 e. The van der Waals surface area contributed by atoms with Crippen molar-refractivity contribution in [3.63, 3.8) is 0 Å². The molecule has 1 atom stereocenters. The summed E-state index contributed by atoms with van der Waals surface area (Å²) in [6.45, 7) is 0. The molecule has 0 bridgehead atoms. The van der Waals surface area contributed by atoms with E-state index in [4.69, 9.17) is 28.0 Å². The normalized spacial score (nSPS) is 19.4. The second-order valence-electron chi connectivity index (χ2n) is 6.18. The molecule has 5 nitrogen and oxygen atoms in total. The second kappa shape index (κ2) is 6.79. The topological polar surface area (TPSA) is 52.3 Å². The van der Waals surface area contributed by atoms with Crippen LogP contribution < -0.4 is 0 Å². The van der Waals surface area contributed by atoms with Crippen molar-refractivity contribution >= 4 is 28.9 Å². The fourth-order valence-electron chi connectivity index (χ4n) is 3.02. The first-order valence-electron chi connectivity index (χ1n) is 8.02. The molecular formula is C18H11Cl2F3N4O. The Balaban J connectivity index is 1.73. The van der Waals surface area contributed by atoms with E-state index < -0.39 is 18.2 Å². The lowest BCUT2D eigenvalue weighted by atomic mass is 9.86. The van der Waals surface area contributed by atoms with Gasteiger partial charge >= 0.3 is 6.18 Å². The molecule has 4 rings (SSSR count). The third-order valence-electron chi connectivity index (χ3n) is 4.38. The van der Waals surface area contributed by atoms with Crippen molar-refractivity contribution in [2.24, 2.45) is 5.16 Å². The Hall–Kier alpha value is -2.58. The van der Waals surface area contributed by atoms with E-state index in [9.17, 15) is 13.2 Å². The van der Waals surface area contributed by atoms with Gasteiger partial charge in [-0.05, 0) is 30.3 Å². The molecule has 1 aliphatic heterocycles. The molecule has 0 saturated heterocycles. The van der Waals surface area contributed by atoms with E-state index in [1.165, 1.54) is 35.5 Å². The summed E-state index contributed by atoms with van der Waals surface area (Å²) in [6, 6.07) is 10.5. The van der Waals surface area contributed by atoms with Crippen LogP contribution in [-0.4, -0.2) is 26.7 Å². The highest BCUT2D eigenvalue weighted by Crippen LogP contribution is 2.49. The maximum Gasteiger partial charge on any atom is 0.435 e. The Morgan fingerprint density at radius 1 is 1.07 bits per heavy atom. The number of alkyl halides is 3. The van der Waals surface area contributed by atoms with Gasteiger partial charge < -0.3 is 4.84 Å². The average Bonchev–Trinajstić information content (AvgIpc) is 3.31. The number of oxime groups is 1. The van der Waals surface area contributed by atoms with Crippen LogP contribution in [0.3, 0.4) is 0 Å². The van der Waals surface area contributed by atoms with Crippen molar-refractivity contribution < 1.29 is 18.0 Å². The summed E-state index contributed by atoms with van der Waals surface area (Å²) in [4.78, 5) is 8.87. The number of nitrogens with zero attached hydrogens (tertiary/aromatic N) is 4. The first kappa shape index (κ1) is 18.8. The molecule has 0 radical (unpaired) electrons. The molecule has 2 aromatic carbocycles. The molecule has 0 fully saturated rings. The quantitative estimate of drug-likeness (QED) is 0.581. The van der Waals surface area contributed by atoms with Gasteiger partial charge in [0.15, 0.2) is 0 Å². The van der Waals surface area contributed by atoms with Crippen molar-refractivity contribution in [1.82, 2.24) is 14.8 Å². The van der Waals surface area contributed by atoms with E-state index in [-0.39, 0.29) is 21.3 Å². The molecule has 0 spiro atoms. The highest BCUT2D eigenvalue weighted by atomic mass is 35.5. The predicted octanol–water partition coefficient (Wildman–Crippen LogP) is 5.16. The lowest BCUT2D eigenvalue weighted by molar-refractivity contribution is -0.275. The summed E-state index contributed by atoms with van der Waals surface area (Å²) in [5.41, 5.74) is -1.61. The molecular weight excluding hydrogens is 416 g/mol. The first-order valence-corrected chi connectivity index (χ1v) is 8.78. The van der Waals surface area contributed by atoms with Crippen LogP contribution in [0.15, 0.2) is 60.3 Å². The summed E-state index contributed by atoms with van der Waals surface area (Å²) in [5.74, 6) is 0.